The van der Waals surface area contributed by atoms with Crippen molar-refractivity contribution in [3.05, 3.63) is 47.3 Å². The fraction of sp³-hybridized carbons (Fsp3) is 0.278. The van der Waals surface area contributed by atoms with E-state index in [2.05, 4.69) is 0 Å². The average molecular weight is 346 g/mol. The SMILES string of the molecule is CCOP(=O)(O)c1c2ccc(=[N+](C)C)cc-2oc2cc(C)ccc12. The topological polar surface area (TPSA) is 62.7 Å². The quantitative estimate of drug-likeness (QED) is 0.450. The zero-order valence-electron chi connectivity index (χ0n) is 14.2. The lowest BCUT2D eigenvalue weighted by atomic mass is 10.1. The molecule has 0 bridgehead atoms. The second-order valence-electron chi connectivity index (χ2n) is 5.96. The van der Waals surface area contributed by atoms with Crippen LogP contribution >= 0.6 is 7.60 Å². The van der Waals surface area contributed by atoms with Crippen molar-refractivity contribution in [2.24, 2.45) is 0 Å². The molecule has 1 aromatic carbocycles. The molecule has 3 rings (SSSR count). The van der Waals surface area contributed by atoms with E-state index < -0.39 is 7.60 Å². The van der Waals surface area contributed by atoms with Crippen molar-refractivity contribution in [1.29, 1.82) is 0 Å². The van der Waals surface area contributed by atoms with E-state index in [0.29, 0.717) is 27.6 Å². The first-order valence-electron chi connectivity index (χ1n) is 7.79. The Balaban J connectivity index is 2.50. The van der Waals surface area contributed by atoms with Gasteiger partial charge < -0.3 is 13.8 Å². The molecule has 6 heteroatoms. The smallest absolute Gasteiger partial charge is 0.360 e. The van der Waals surface area contributed by atoms with E-state index in [9.17, 15) is 9.46 Å². The molecule has 5 nitrogen and oxygen atoms in total. The van der Waals surface area contributed by atoms with Crippen LogP contribution in [0, 0.1) is 6.92 Å². The molecule has 1 aromatic rings. The van der Waals surface area contributed by atoms with Crippen molar-refractivity contribution in [2.45, 2.75) is 13.8 Å². The first kappa shape index (κ1) is 16.9. The number of benzene rings is 2. The summed E-state index contributed by atoms with van der Waals surface area (Å²) in [5.74, 6) is 0.559. The lowest BCUT2D eigenvalue weighted by molar-refractivity contribution is 0.284. The standard InChI is InChI=1S/C18H20NO4P/c1-5-22-24(20,21)18-14-8-6-12(2)10-16(14)23-17-11-13(19(3)4)7-9-15(17)18/h6-11H,5H2,1-4H3/p+1. The summed E-state index contributed by atoms with van der Waals surface area (Å²) >= 11 is 0. The molecule has 0 aromatic heterocycles. The molecule has 1 unspecified atom stereocenters. The highest BCUT2D eigenvalue weighted by molar-refractivity contribution is 7.62. The molecule has 2 aliphatic rings. The maximum Gasteiger partial charge on any atom is 0.360 e. The van der Waals surface area contributed by atoms with E-state index in [0.717, 1.165) is 10.9 Å². The molecule has 0 radical (unpaired) electrons. The molecule has 1 aliphatic carbocycles. The second kappa shape index (κ2) is 6.17. The summed E-state index contributed by atoms with van der Waals surface area (Å²) in [6.07, 6.45) is 0. The van der Waals surface area contributed by atoms with Gasteiger partial charge in [-0.15, -0.1) is 0 Å². The van der Waals surface area contributed by atoms with Gasteiger partial charge in [0, 0.05) is 17.0 Å². The largest absolute Gasteiger partial charge is 0.456 e. The van der Waals surface area contributed by atoms with Crippen LogP contribution in [0.2, 0.25) is 0 Å². The molecule has 0 spiro atoms. The third kappa shape index (κ3) is 2.91. The van der Waals surface area contributed by atoms with Crippen LogP contribution in [0.5, 0.6) is 0 Å². The van der Waals surface area contributed by atoms with Crippen molar-refractivity contribution < 1.29 is 18.4 Å². The Hall–Kier alpha value is -1.94. The zero-order chi connectivity index (χ0) is 17.5. The number of hydrogen-bond acceptors (Lipinski definition) is 3. The highest BCUT2D eigenvalue weighted by Gasteiger charge is 2.31. The molecule has 1 aliphatic heterocycles. The first-order valence-corrected chi connectivity index (χ1v) is 9.36. The van der Waals surface area contributed by atoms with Crippen molar-refractivity contribution in [2.75, 3.05) is 20.7 Å². The van der Waals surface area contributed by atoms with Crippen LogP contribution in [0.25, 0.3) is 22.3 Å². The van der Waals surface area contributed by atoms with Gasteiger partial charge in [-0.1, -0.05) is 12.1 Å². The van der Waals surface area contributed by atoms with Crippen LogP contribution in [-0.2, 0) is 9.09 Å². The van der Waals surface area contributed by atoms with E-state index >= 15 is 0 Å². The predicted octanol–water partition coefficient (Wildman–Crippen LogP) is 2.73. The average Bonchev–Trinajstić information content (AvgIpc) is 2.51. The molecule has 0 fully saturated rings. The lowest BCUT2D eigenvalue weighted by Crippen LogP contribution is -2.22. The minimum Gasteiger partial charge on any atom is -0.456 e. The van der Waals surface area contributed by atoms with Gasteiger partial charge in [-0.2, -0.15) is 0 Å². The van der Waals surface area contributed by atoms with E-state index in [1.54, 1.807) is 6.92 Å². The summed E-state index contributed by atoms with van der Waals surface area (Å²) in [5, 5.41) is 1.85. The van der Waals surface area contributed by atoms with E-state index in [4.69, 9.17) is 8.94 Å². The molecular formula is C18H21NO4P+. The number of aryl methyl sites for hydroxylation is 1. The van der Waals surface area contributed by atoms with Crippen molar-refractivity contribution in [3.8, 4) is 11.3 Å². The molecule has 0 amide bonds. The van der Waals surface area contributed by atoms with Gasteiger partial charge in [0.25, 0.3) is 0 Å². The van der Waals surface area contributed by atoms with Gasteiger partial charge in [-0.05, 0) is 31.5 Å². The normalized spacial score (nSPS) is 14.0. The predicted molar refractivity (Wildman–Crippen MR) is 95.8 cm³/mol. The summed E-state index contributed by atoms with van der Waals surface area (Å²) in [6, 6.07) is 11.1. The minimum absolute atomic E-state index is 0.157. The Morgan fingerprint density at radius 3 is 2.62 bits per heavy atom. The van der Waals surface area contributed by atoms with Gasteiger partial charge in [-0.3, -0.25) is 4.57 Å². The van der Waals surface area contributed by atoms with Gasteiger partial charge in [0.05, 0.1) is 18.0 Å². The van der Waals surface area contributed by atoms with Crippen LogP contribution in [0.3, 0.4) is 0 Å². The summed E-state index contributed by atoms with van der Waals surface area (Å²) in [7, 11) is -0.0936. The fourth-order valence-electron chi connectivity index (χ4n) is 2.79. The first-order chi connectivity index (χ1) is 11.3. The summed E-state index contributed by atoms with van der Waals surface area (Å²) < 4.78 is 26.0. The van der Waals surface area contributed by atoms with Crippen LogP contribution in [0.1, 0.15) is 12.5 Å². The van der Waals surface area contributed by atoms with Crippen molar-refractivity contribution in [3.63, 3.8) is 0 Å². The molecule has 0 saturated carbocycles. The minimum atomic E-state index is -3.96. The van der Waals surface area contributed by atoms with Crippen LogP contribution in [0.15, 0.2) is 40.8 Å². The number of rotatable bonds is 3. The Labute approximate surface area is 140 Å². The van der Waals surface area contributed by atoms with Gasteiger partial charge in [-0.25, -0.2) is 4.58 Å². The van der Waals surface area contributed by atoms with Crippen molar-refractivity contribution >= 4 is 23.9 Å². The third-order valence-electron chi connectivity index (χ3n) is 3.94. The Morgan fingerprint density at radius 2 is 1.96 bits per heavy atom. The number of fused-ring (bicyclic) bond motifs is 2. The van der Waals surface area contributed by atoms with Gasteiger partial charge in [0.2, 0.25) is 5.36 Å². The Morgan fingerprint density at radius 1 is 1.21 bits per heavy atom. The molecule has 1 N–H and O–H groups in total. The summed E-state index contributed by atoms with van der Waals surface area (Å²) in [4.78, 5) is 10.5. The monoisotopic (exact) mass is 346 g/mol. The molecule has 24 heavy (non-hydrogen) atoms. The van der Waals surface area contributed by atoms with Gasteiger partial charge in [0.15, 0.2) is 0 Å². The van der Waals surface area contributed by atoms with E-state index in [-0.39, 0.29) is 6.61 Å². The fourth-order valence-corrected chi connectivity index (χ4v) is 4.24. The van der Waals surface area contributed by atoms with Crippen LogP contribution in [-0.4, -0.2) is 25.6 Å². The summed E-state index contributed by atoms with van der Waals surface area (Å²) in [5.41, 5.74) is 2.18. The third-order valence-corrected chi connectivity index (χ3v) is 5.59. The summed E-state index contributed by atoms with van der Waals surface area (Å²) in [6.45, 7) is 3.81. The highest BCUT2D eigenvalue weighted by Crippen LogP contribution is 2.46. The molecule has 1 atom stereocenters. The van der Waals surface area contributed by atoms with Crippen molar-refractivity contribution in [1.82, 2.24) is 4.58 Å². The van der Waals surface area contributed by atoms with Crippen LogP contribution < -0.4 is 15.2 Å². The maximum atomic E-state index is 12.8. The second-order valence-corrected chi connectivity index (χ2v) is 7.71. The molecular weight excluding hydrogens is 325 g/mol. The highest BCUT2D eigenvalue weighted by atomic mass is 31.2. The van der Waals surface area contributed by atoms with E-state index in [1.165, 1.54) is 0 Å². The van der Waals surface area contributed by atoms with E-state index in [1.807, 2.05) is 62.0 Å². The number of nitrogens with zero attached hydrogens (tertiary/aromatic N) is 1. The molecule has 1 heterocycles. The molecule has 0 saturated heterocycles. The van der Waals surface area contributed by atoms with Gasteiger partial charge >= 0.3 is 7.60 Å². The maximum absolute atomic E-state index is 12.8. The number of hydrogen-bond donors (Lipinski definition) is 1. The molecule has 126 valence electrons. The van der Waals surface area contributed by atoms with Gasteiger partial charge in [0.1, 0.15) is 25.4 Å². The Kier molecular flexibility index (Phi) is 4.35. The zero-order valence-corrected chi connectivity index (χ0v) is 15.1. The Bertz CT molecular complexity index is 1000. The van der Waals surface area contributed by atoms with Crippen LogP contribution in [0.4, 0.5) is 0 Å². The lowest BCUT2D eigenvalue weighted by Gasteiger charge is -2.18.